The molecule has 0 saturated carbocycles. The number of anilines is 1. The second-order valence-electron chi connectivity index (χ2n) is 4.97. The molecular weight excluding hydrogens is 376 g/mol. The van der Waals surface area contributed by atoms with E-state index in [4.69, 9.17) is 26.8 Å². The standard InChI is InChI=1S/C17H17ClN4O3S/c1-24-14-8-11(9-20-22-17(19)26)7-13(18)16(14)25-10-15(23)21-12-5-3-2-4-6-12/h2-9H,10H2,1H3,(H,21,23)(H3,19,22,26)/b20-9+. The second kappa shape index (κ2) is 9.59. The number of carbonyl (C=O) groups is 1. The summed E-state index contributed by atoms with van der Waals surface area (Å²) >= 11 is 10.9. The number of hydrogen-bond acceptors (Lipinski definition) is 5. The van der Waals surface area contributed by atoms with Crippen molar-refractivity contribution in [3.05, 3.63) is 53.1 Å². The van der Waals surface area contributed by atoms with Gasteiger partial charge in [-0.15, -0.1) is 0 Å². The summed E-state index contributed by atoms with van der Waals surface area (Å²) in [5, 5.41) is 6.88. The fourth-order valence-corrected chi connectivity index (χ4v) is 2.31. The molecule has 0 atom stereocenters. The number of halogens is 1. The van der Waals surface area contributed by atoms with Gasteiger partial charge in [0.1, 0.15) is 0 Å². The highest BCUT2D eigenvalue weighted by atomic mass is 35.5. The number of rotatable bonds is 7. The van der Waals surface area contributed by atoms with Crippen molar-refractivity contribution in [3.8, 4) is 11.5 Å². The van der Waals surface area contributed by atoms with Crippen LogP contribution in [0.1, 0.15) is 5.56 Å². The first-order valence-electron chi connectivity index (χ1n) is 7.43. The monoisotopic (exact) mass is 392 g/mol. The SMILES string of the molecule is COc1cc(/C=N/NC(N)=S)cc(Cl)c1OCC(=O)Nc1ccccc1. The first-order valence-corrected chi connectivity index (χ1v) is 8.22. The Balaban J connectivity index is 2.05. The van der Waals surface area contributed by atoms with Crippen LogP contribution in [0.3, 0.4) is 0 Å². The maximum atomic E-state index is 12.0. The molecule has 4 N–H and O–H groups in total. The molecule has 0 fully saturated rings. The van der Waals surface area contributed by atoms with Gasteiger partial charge in [-0.2, -0.15) is 5.10 Å². The Kier molecular flexibility index (Phi) is 7.19. The molecule has 0 saturated heterocycles. The third-order valence-electron chi connectivity index (χ3n) is 3.05. The molecule has 2 aromatic carbocycles. The number of para-hydroxylation sites is 1. The fourth-order valence-electron chi connectivity index (χ4n) is 1.98. The highest BCUT2D eigenvalue weighted by molar-refractivity contribution is 7.80. The molecule has 2 rings (SSSR count). The lowest BCUT2D eigenvalue weighted by Gasteiger charge is -2.13. The number of benzene rings is 2. The van der Waals surface area contributed by atoms with Crippen molar-refractivity contribution in [2.75, 3.05) is 19.0 Å². The minimum absolute atomic E-state index is 0.0451. The quantitative estimate of drug-likeness (QED) is 0.380. The summed E-state index contributed by atoms with van der Waals surface area (Å²) in [6, 6.07) is 12.3. The molecule has 2 aromatic rings. The van der Waals surface area contributed by atoms with Crippen LogP contribution >= 0.6 is 23.8 Å². The molecule has 136 valence electrons. The molecule has 0 bridgehead atoms. The number of nitrogens with two attached hydrogens (primary N) is 1. The van der Waals surface area contributed by atoms with Crippen LogP contribution in [-0.4, -0.2) is 31.0 Å². The largest absolute Gasteiger partial charge is 0.493 e. The molecule has 0 unspecified atom stereocenters. The summed E-state index contributed by atoms with van der Waals surface area (Å²) in [4.78, 5) is 12.0. The molecule has 0 radical (unpaired) electrons. The first kappa shape index (κ1) is 19.5. The topological polar surface area (TPSA) is 98.0 Å². The van der Waals surface area contributed by atoms with Gasteiger partial charge in [0.25, 0.3) is 5.91 Å². The summed E-state index contributed by atoms with van der Waals surface area (Å²) in [5.74, 6) is 0.305. The second-order valence-corrected chi connectivity index (χ2v) is 5.82. The van der Waals surface area contributed by atoms with Crippen molar-refractivity contribution in [1.29, 1.82) is 0 Å². The van der Waals surface area contributed by atoms with Gasteiger partial charge in [-0.25, -0.2) is 0 Å². The zero-order valence-electron chi connectivity index (χ0n) is 13.9. The molecule has 0 spiro atoms. The summed E-state index contributed by atoms with van der Waals surface area (Å²) in [7, 11) is 1.47. The smallest absolute Gasteiger partial charge is 0.262 e. The highest BCUT2D eigenvalue weighted by Gasteiger charge is 2.13. The Morgan fingerprint density at radius 3 is 2.73 bits per heavy atom. The number of methoxy groups -OCH3 is 1. The van der Waals surface area contributed by atoms with Crippen LogP contribution in [0, 0.1) is 0 Å². The minimum atomic E-state index is -0.319. The zero-order valence-corrected chi connectivity index (χ0v) is 15.4. The molecule has 26 heavy (non-hydrogen) atoms. The lowest BCUT2D eigenvalue weighted by molar-refractivity contribution is -0.118. The van der Waals surface area contributed by atoms with Crippen LogP contribution in [0.15, 0.2) is 47.6 Å². The van der Waals surface area contributed by atoms with Crippen LogP contribution < -0.4 is 25.9 Å². The van der Waals surface area contributed by atoms with Gasteiger partial charge >= 0.3 is 0 Å². The molecule has 0 aliphatic rings. The average molecular weight is 393 g/mol. The minimum Gasteiger partial charge on any atom is -0.493 e. The van der Waals surface area contributed by atoms with E-state index in [1.807, 2.05) is 18.2 Å². The van der Waals surface area contributed by atoms with Gasteiger partial charge in [-0.05, 0) is 42.0 Å². The summed E-state index contributed by atoms with van der Waals surface area (Å²) in [6.07, 6.45) is 1.47. The van der Waals surface area contributed by atoms with E-state index in [0.29, 0.717) is 17.0 Å². The van der Waals surface area contributed by atoms with Crippen molar-refractivity contribution in [2.45, 2.75) is 0 Å². The van der Waals surface area contributed by atoms with Crippen LogP contribution in [0.4, 0.5) is 5.69 Å². The van der Waals surface area contributed by atoms with Crippen molar-refractivity contribution in [1.82, 2.24) is 5.43 Å². The van der Waals surface area contributed by atoms with Crippen LogP contribution in [0.2, 0.25) is 5.02 Å². The molecule has 0 aliphatic heterocycles. The third kappa shape index (κ3) is 5.91. The number of hydrogen-bond donors (Lipinski definition) is 3. The average Bonchev–Trinajstić information content (AvgIpc) is 2.61. The van der Waals surface area contributed by atoms with Gasteiger partial charge in [0, 0.05) is 5.69 Å². The Morgan fingerprint density at radius 2 is 2.08 bits per heavy atom. The van der Waals surface area contributed by atoms with E-state index in [1.54, 1.807) is 24.3 Å². The molecule has 7 nitrogen and oxygen atoms in total. The number of hydrazone groups is 1. The first-order chi connectivity index (χ1) is 12.5. The normalized spacial score (nSPS) is 10.4. The van der Waals surface area contributed by atoms with Gasteiger partial charge < -0.3 is 20.5 Å². The van der Waals surface area contributed by atoms with E-state index in [0.717, 1.165) is 0 Å². The van der Waals surface area contributed by atoms with Crippen LogP contribution in [0.5, 0.6) is 11.5 Å². The predicted octanol–water partition coefficient (Wildman–Crippen LogP) is 2.53. The zero-order chi connectivity index (χ0) is 18.9. The predicted molar refractivity (Wildman–Crippen MR) is 106 cm³/mol. The van der Waals surface area contributed by atoms with Gasteiger partial charge in [0.15, 0.2) is 23.2 Å². The highest BCUT2D eigenvalue weighted by Crippen LogP contribution is 2.36. The third-order valence-corrected chi connectivity index (χ3v) is 3.42. The molecule has 0 aliphatic carbocycles. The molecule has 0 heterocycles. The Morgan fingerprint density at radius 1 is 1.35 bits per heavy atom. The van der Waals surface area contributed by atoms with E-state index >= 15 is 0 Å². The van der Waals surface area contributed by atoms with Crippen molar-refractivity contribution >= 4 is 46.7 Å². The van der Waals surface area contributed by atoms with Crippen molar-refractivity contribution in [3.63, 3.8) is 0 Å². The van der Waals surface area contributed by atoms with E-state index in [2.05, 4.69) is 28.1 Å². The summed E-state index contributed by atoms with van der Waals surface area (Å²) in [6.45, 7) is -0.221. The number of ether oxygens (including phenoxy) is 2. The maximum Gasteiger partial charge on any atom is 0.262 e. The lowest BCUT2D eigenvalue weighted by atomic mass is 10.2. The van der Waals surface area contributed by atoms with Crippen LogP contribution in [-0.2, 0) is 4.79 Å². The maximum absolute atomic E-state index is 12.0. The molecule has 0 aromatic heterocycles. The lowest BCUT2D eigenvalue weighted by Crippen LogP contribution is -2.24. The molecule has 1 amide bonds. The van der Waals surface area contributed by atoms with E-state index in [1.165, 1.54) is 13.3 Å². The number of amides is 1. The van der Waals surface area contributed by atoms with Crippen LogP contribution in [0.25, 0.3) is 0 Å². The van der Waals surface area contributed by atoms with Gasteiger partial charge in [-0.1, -0.05) is 29.8 Å². The number of nitrogens with one attached hydrogen (secondary N) is 2. The number of thiocarbonyl (C=S) groups is 1. The van der Waals surface area contributed by atoms with Gasteiger partial charge in [0.05, 0.1) is 18.3 Å². The molecule has 9 heteroatoms. The Bertz CT molecular complexity index is 815. The van der Waals surface area contributed by atoms with Crippen molar-refractivity contribution < 1.29 is 14.3 Å². The van der Waals surface area contributed by atoms with E-state index < -0.39 is 0 Å². The van der Waals surface area contributed by atoms with E-state index in [-0.39, 0.29) is 28.4 Å². The Hall–Kier alpha value is -2.84. The summed E-state index contributed by atoms with van der Waals surface area (Å²) < 4.78 is 10.8. The molecular formula is C17H17ClN4O3S. The summed E-state index contributed by atoms with van der Waals surface area (Å²) in [5.41, 5.74) is 9.04. The number of carbonyl (C=O) groups excluding carboxylic acids is 1. The fraction of sp³-hybridized carbons (Fsp3) is 0.118. The Labute approximate surface area is 161 Å². The van der Waals surface area contributed by atoms with Crippen molar-refractivity contribution in [2.24, 2.45) is 10.8 Å². The van der Waals surface area contributed by atoms with Gasteiger partial charge in [-0.3, -0.25) is 10.2 Å². The van der Waals surface area contributed by atoms with Gasteiger partial charge in [0.2, 0.25) is 0 Å². The number of nitrogens with zero attached hydrogens (tertiary/aromatic N) is 1. The van der Waals surface area contributed by atoms with E-state index in [9.17, 15) is 4.79 Å².